The van der Waals surface area contributed by atoms with E-state index in [2.05, 4.69) is 49.2 Å². The van der Waals surface area contributed by atoms with Crippen LogP contribution in [0.5, 0.6) is 0 Å². The Balaban J connectivity index is 1.34. The van der Waals surface area contributed by atoms with Crippen molar-refractivity contribution in [3.63, 3.8) is 0 Å². The highest BCUT2D eigenvalue weighted by Gasteiger charge is 2.34. The van der Waals surface area contributed by atoms with Crippen LogP contribution in [0.4, 0.5) is 0 Å². The minimum Gasteiger partial charge on any atom is -0.365 e. The molecule has 1 saturated carbocycles. The molecule has 5 nitrogen and oxygen atoms in total. The van der Waals surface area contributed by atoms with Gasteiger partial charge in [-0.1, -0.05) is 36.9 Å². The lowest BCUT2D eigenvalue weighted by Gasteiger charge is -2.42. The van der Waals surface area contributed by atoms with Crippen molar-refractivity contribution in [2.45, 2.75) is 63.4 Å². The SMILES string of the molecule is OC(NC1CCCCC1)N1CCN(C2c3ccc(Cl)cc3CCc3cc(Br)cnc32)CC1. The van der Waals surface area contributed by atoms with Gasteiger partial charge in [-0.2, -0.15) is 0 Å². The quantitative estimate of drug-likeness (QED) is 0.583. The van der Waals surface area contributed by atoms with Crippen molar-refractivity contribution in [3.8, 4) is 0 Å². The van der Waals surface area contributed by atoms with E-state index in [1.54, 1.807) is 0 Å². The second-order valence-corrected chi connectivity index (χ2v) is 10.7. The maximum Gasteiger partial charge on any atom is 0.163 e. The van der Waals surface area contributed by atoms with Crippen LogP contribution < -0.4 is 5.32 Å². The molecule has 7 heteroatoms. The molecule has 1 aliphatic heterocycles. The van der Waals surface area contributed by atoms with E-state index in [9.17, 15) is 5.11 Å². The van der Waals surface area contributed by atoms with Crippen LogP contribution in [0.3, 0.4) is 0 Å². The number of aliphatic hydroxyl groups excluding tert-OH is 1. The predicted molar refractivity (Wildman–Crippen MR) is 132 cm³/mol. The third kappa shape index (κ3) is 4.91. The summed E-state index contributed by atoms with van der Waals surface area (Å²) in [6.07, 6.45) is 9.53. The van der Waals surface area contributed by atoms with Gasteiger partial charge < -0.3 is 5.11 Å². The Morgan fingerprint density at radius 3 is 2.56 bits per heavy atom. The Bertz CT molecular complexity index is 890. The van der Waals surface area contributed by atoms with E-state index in [1.165, 1.54) is 48.8 Å². The van der Waals surface area contributed by atoms with Crippen molar-refractivity contribution in [1.82, 2.24) is 20.1 Å². The maximum atomic E-state index is 10.8. The number of nitrogens with one attached hydrogen (secondary N) is 1. The average molecular weight is 520 g/mol. The lowest BCUT2D eigenvalue weighted by Crippen LogP contribution is -2.57. The number of aryl methyl sites for hydroxylation is 2. The van der Waals surface area contributed by atoms with Crippen LogP contribution in [-0.4, -0.2) is 58.5 Å². The molecule has 2 heterocycles. The second kappa shape index (κ2) is 10.1. The highest BCUT2D eigenvalue weighted by molar-refractivity contribution is 9.10. The zero-order chi connectivity index (χ0) is 22.1. The minimum atomic E-state index is -0.554. The summed E-state index contributed by atoms with van der Waals surface area (Å²) in [6.45, 7) is 3.47. The van der Waals surface area contributed by atoms with Crippen molar-refractivity contribution in [3.05, 3.63) is 62.3 Å². The minimum absolute atomic E-state index is 0.124. The molecule has 1 saturated heterocycles. The van der Waals surface area contributed by atoms with Crippen LogP contribution in [0.2, 0.25) is 5.02 Å². The number of fused-ring (bicyclic) bond motifs is 2. The highest BCUT2D eigenvalue weighted by atomic mass is 79.9. The summed E-state index contributed by atoms with van der Waals surface area (Å²) in [5.74, 6) is 0. The first-order valence-electron chi connectivity index (χ1n) is 11.9. The van der Waals surface area contributed by atoms with Gasteiger partial charge in [-0.3, -0.25) is 20.1 Å². The number of piperazine rings is 1. The number of aliphatic hydroxyl groups is 1. The molecule has 2 N–H and O–H groups in total. The van der Waals surface area contributed by atoms with Crippen LogP contribution in [0, 0.1) is 0 Å². The van der Waals surface area contributed by atoms with Gasteiger partial charge in [0.2, 0.25) is 0 Å². The molecule has 2 aliphatic carbocycles. The monoisotopic (exact) mass is 518 g/mol. The molecule has 0 amide bonds. The molecule has 2 unspecified atom stereocenters. The molecule has 172 valence electrons. The van der Waals surface area contributed by atoms with Gasteiger partial charge in [0.25, 0.3) is 0 Å². The summed E-state index contributed by atoms with van der Waals surface area (Å²) in [5, 5.41) is 15.1. The highest BCUT2D eigenvalue weighted by Crippen LogP contribution is 2.38. The zero-order valence-corrected chi connectivity index (χ0v) is 20.8. The summed E-state index contributed by atoms with van der Waals surface area (Å²) in [5.41, 5.74) is 5.09. The number of pyridine rings is 1. The molecule has 0 bridgehead atoms. The number of hydrogen-bond donors (Lipinski definition) is 2. The molecule has 2 aromatic rings. The number of benzene rings is 1. The Morgan fingerprint density at radius 2 is 1.78 bits per heavy atom. The molecule has 2 atom stereocenters. The van der Waals surface area contributed by atoms with E-state index in [0.29, 0.717) is 6.04 Å². The first-order valence-corrected chi connectivity index (χ1v) is 13.1. The summed E-state index contributed by atoms with van der Waals surface area (Å²) < 4.78 is 1.03. The summed E-state index contributed by atoms with van der Waals surface area (Å²) in [6, 6.07) is 9.11. The largest absolute Gasteiger partial charge is 0.365 e. The Hall–Kier alpha value is -1.02. The van der Waals surface area contributed by atoms with Crippen LogP contribution in [-0.2, 0) is 12.8 Å². The zero-order valence-electron chi connectivity index (χ0n) is 18.4. The first-order chi connectivity index (χ1) is 15.6. The van der Waals surface area contributed by atoms with Crippen LogP contribution in [0.1, 0.15) is 60.5 Å². The third-order valence-electron chi connectivity index (χ3n) is 7.34. The molecule has 3 aliphatic rings. The van der Waals surface area contributed by atoms with Crippen LogP contribution in [0.25, 0.3) is 0 Å². The van der Waals surface area contributed by atoms with Crippen LogP contribution in [0.15, 0.2) is 34.9 Å². The fourth-order valence-electron chi connectivity index (χ4n) is 5.61. The third-order valence-corrected chi connectivity index (χ3v) is 8.01. The lowest BCUT2D eigenvalue weighted by molar-refractivity contribution is -0.0586. The predicted octanol–water partition coefficient (Wildman–Crippen LogP) is 4.50. The Kier molecular flexibility index (Phi) is 7.17. The molecule has 5 rings (SSSR count). The summed E-state index contributed by atoms with van der Waals surface area (Å²) in [4.78, 5) is 9.60. The van der Waals surface area contributed by atoms with Crippen molar-refractivity contribution in [2.24, 2.45) is 0 Å². The van der Waals surface area contributed by atoms with Crippen molar-refractivity contribution < 1.29 is 5.11 Å². The number of nitrogens with zero attached hydrogens (tertiary/aromatic N) is 3. The van der Waals surface area contributed by atoms with Crippen molar-refractivity contribution in [2.75, 3.05) is 26.2 Å². The van der Waals surface area contributed by atoms with Gasteiger partial charge in [0.1, 0.15) is 0 Å². The van der Waals surface area contributed by atoms with E-state index in [1.807, 2.05) is 12.3 Å². The average Bonchev–Trinajstić information content (AvgIpc) is 2.96. The normalized spacial score (nSPS) is 23.9. The fraction of sp³-hybridized carbons (Fsp3) is 0.560. The number of hydrogen-bond acceptors (Lipinski definition) is 5. The Labute approximate surface area is 204 Å². The number of rotatable bonds is 4. The molecule has 1 aromatic carbocycles. The van der Waals surface area contributed by atoms with Crippen molar-refractivity contribution in [1.29, 1.82) is 0 Å². The van der Waals surface area contributed by atoms with E-state index in [0.717, 1.165) is 54.2 Å². The summed E-state index contributed by atoms with van der Waals surface area (Å²) in [7, 11) is 0. The second-order valence-electron chi connectivity index (χ2n) is 9.39. The molecule has 0 radical (unpaired) electrons. The first kappa shape index (κ1) is 22.8. The molecule has 32 heavy (non-hydrogen) atoms. The van der Waals surface area contributed by atoms with Gasteiger partial charge in [0.05, 0.1) is 11.7 Å². The van der Waals surface area contributed by atoms with E-state index >= 15 is 0 Å². The molecule has 1 aromatic heterocycles. The topological polar surface area (TPSA) is 51.6 Å². The van der Waals surface area contributed by atoms with Gasteiger partial charge in [-0.15, -0.1) is 0 Å². The van der Waals surface area contributed by atoms with Gasteiger partial charge in [0.15, 0.2) is 6.35 Å². The van der Waals surface area contributed by atoms with Crippen molar-refractivity contribution >= 4 is 27.5 Å². The van der Waals surface area contributed by atoms with E-state index < -0.39 is 6.35 Å². The van der Waals surface area contributed by atoms with Gasteiger partial charge in [-0.25, -0.2) is 0 Å². The molecular weight excluding hydrogens is 488 g/mol. The van der Waals surface area contributed by atoms with Gasteiger partial charge in [0, 0.05) is 47.9 Å². The maximum absolute atomic E-state index is 10.8. The van der Waals surface area contributed by atoms with E-state index in [-0.39, 0.29) is 6.04 Å². The Morgan fingerprint density at radius 1 is 1.03 bits per heavy atom. The fourth-order valence-corrected chi connectivity index (χ4v) is 6.18. The smallest absolute Gasteiger partial charge is 0.163 e. The molecule has 2 fully saturated rings. The van der Waals surface area contributed by atoms with Gasteiger partial charge >= 0.3 is 0 Å². The van der Waals surface area contributed by atoms with Crippen LogP contribution >= 0.6 is 27.5 Å². The lowest BCUT2D eigenvalue weighted by atomic mass is 9.95. The van der Waals surface area contributed by atoms with E-state index in [4.69, 9.17) is 16.6 Å². The molecule has 0 spiro atoms. The number of aromatic nitrogens is 1. The number of halogens is 2. The standard InChI is InChI=1S/C25H32BrClN4O/c26-19-14-18-7-6-17-15-20(27)8-9-22(17)24(23(18)28-16-19)30-10-12-31(13-11-30)25(32)29-21-4-2-1-3-5-21/h8-9,14-16,21,24-25,29,32H,1-7,10-13H2. The van der Waals surface area contributed by atoms with Gasteiger partial charge in [-0.05, 0) is 76.5 Å². The molecular formula is C25H32BrClN4O. The summed E-state index contributed by atoms with van der Waals surface area (Å²) >= 11 is 9.96.